The molecular weight excluding hydrogens is 332 g/mol. The summed E-state index contributed by atoms with van der Waals surface area (Å²) in [5, 5.41) is 3.36. The van der Waals surface area contributed by atoms with Crippen LogP contribution >= 0.6 is 15.9 Å². The third kappa shape index (κ3) is 4.95. The Morgan fingerprint density at radius 2 is 2.05 bits per heavy atom. The number of anilines is 1. The number of methoxy groups -OCH3 is 1. The molecule has 1 heterocycles. The van der Waals surface area contributed by atoms with Gasteiger partial charge in [-0.05, 0) is 47.5 Å². The van der Waals surface area contributed by atoms with Crippen molar-refractivity contribution in [3.05, 3.63) is 28.2 Å². The van der Waals surface area contributed by atoms with Gasteiger partial charge in [-0.15, -0.1) is 0 Å². The number of halogens is 1. The fourth-order valence-corrected chi connectivity index (χ4v) is 3.38. The van der Waals surface area contributed by atoms with Crippen molar-refractivity contribution in [2.24, 2.45) is 0 Å². The van der Waals surface area contributed by atoms with Gasteiger partial charge >= 0.3 is 0 Å². The molecule has 0 aliphatic carbocycles. The first-order chi connectivity index (χ1) is 10.1. The molecule has 1 aromatic rings. The molecule has 0 amide bonds. The molecule has 0 aromatic heterocycles. The highest BCUT2D eigenvalue weighted by Gasteiger charge is 2.23. The van der Waals surface area contributed by atoms with Crippen molar-refractivity contribution in [3.63, 3.8) is 0 Å². The van der Waals surface area contributed by atoms with Crippen molar-refractivity contribution in [2.75, 3.05) is 38.3 Å². The number of nitrogens with zero attached hydrogens (tertiary/aromatic N) is 1. The van der Waals surface area contributed by atoms with E-state index in [1.807, 2.05) is 0 Å². The van der Waals surface area contributed by atoms with Crippen LogP contribution in [0.25, 0.3) is 0 Å². The minimum absolute atomic E-state index is 0.274. The van der Waals surface area contributed by atoms with Gasteiger partial charge in [0.2, 0.25) is 0 Å². The van der Waals surface area contributed by atoms with E-state index in [0.717, 1.165) is 37.3 Å². The minimum Gasteiger partial charge on any atom is -0.383 e. The first kappa shape index (κ1) is 16.7. The van der Waals surface area contributed by atoms with Crippen LogP contribution < -0.4 is 10.2 Å². The Kier molecular flexibility index (Phi) is 6.48. The number of hydrogen-bond acceptors (Lipinski definition) is 4. The molecule has 1 saturated heterocycles. The molecule has 1 N–H and O–H groups in total. The van der Waals surface area contributed by atoms with Crippen LogP contribution in [0, 0.1) is 0 Å². The fourth-order valence-electron chi connectivity index (χ4n) is 2.70. The van der Waals surface area contributed by atoms with Gasteiger partial charge in [-0.1, -0.05) is 6.07 Å². The summed E-state index contributed by atoms with van der Waals surface area (Å²) in [6, 6.07) is 6.58. The molecule has 0 saturated carbocycles. The zero-order valence-corrected chi connectivity index (χ0v) is 14.6. The van der Waals surface area contributed by atoms with Crippen molar-refractivity contribution >= 4 is 21.6 Å². The van der Waals surface area contributed by atoms with Crippen LogP contribution in [0.15, 0.2) is 22.7 Å². The van der Waals surface area contributed by atoms with Crippen LogP contribution in [-0.4, -0.2) is 45.6 Å². The lowest BCUT2D eigenvalue weighted by atomic mass is 10.1. The standard InChI is InChI=1S/C16H25BrN2O2/c1-12-10-19(11-13(2)21-12)16-5-4-14(8-15(16)17)9-18-6-7-20-3/h4-5,8,12-13,18H,6-7,9-11H2,1-3H3. The molecular formula is C16H25BrN2O2. The van der Waals surface area contributed by atoms with Crippen LogP contribution in [0.4, 0.5) is 5.69 Å². The van der Waals surface area contributed by atoms with E-state index in [-0.39, 0.29) is 12.2 Å². The van der Waals surface area contributed by atoms with Gasteiger partial charge in [0.15, 0.2) is 0 Å². The quantitative estimate of drug-likeness (QED) is 0.794. The molecule has 2 rings (SSSR count). The summed E-state index contributed by atoms with van der Waals surface area (Å²) in [6.07, 6.45) is 0.548. The van der Waals surface area contributed by atoms with Gasteiger partial charge in [0.05, 0.1) is 24.5 Å². The maximum absolute atomic E-state index is 5.80. The number of ether oxygens (including phenoxy) is 2. The van der Waals surface area contributed by atoms with Gasteiger partial charge in [0.1, 0.15) is 0 Å². The zero-order valence-electron chi connectivity index (χ0n) is 13.1. The maximum Gasteiger partial charge on any atom is 0.0726 e. The highest BCUT2D eigenvalue weighted by Crippen LogP contribution is 2.29. The van der Waals surface area contributed by atoms with Crippen LogP contribution in [0.2, 0.25) is 0 Å². The van der Waals surface area contributed by atoms with Crippen molar-refractivity contribution < 1.29 is 9.47 Å². The second kappa shape index (κ2) is 8.13. The summed E-state index contributed by atoms with van der Waals surface area (Å²) in [5.41, 5.74) is 2.52. The summed E-state index contributed by atoms with van der Waals surface area (Å²) in [7, 11) is 1.72. The number of hydrogen-bond donors (Lipinski definition) is 1. The lowest BCUT2D eigenvalue weighted by Crippen LogP contribution is -2.45. The van der Waals surface area contributed by atoms with Crippen LogP contribution in [-0.2, 0) is 16.0 Å². The molecule has 0 spiro atoms. The van der Waals surface area contributed by atoms with Gasteiger partial charge < -0.3 is 19.7 Å². The third-order valence-corrected chi connectivity index (χ3v) is 4.22. The normalized spacial score (nSPS) is 22.6. The highest BCUT2D eigenvalue weighted by atomic mass is 79.9. The van der Waals surface area contributed by atoms with Gasteiger partial charge in [-0.25, -0.2) is 0 Å². The summed E-state index contributed by atoms with van der Waals surface area (Å²) in [5.74, 6) is 0. The number of morpholine rings is 1. The molecule has 1 aliphatic rings. The van der Waals surface area contributed by atoms with E-state index in [4.69, 9.17) is 9.47 Å². The fraction of sp³-hybridized carbons (Fsp3) is 0.625. The Labute approximate surface area is 135 Å². The second-order valence-corrected chi connectivity index (χ2v) is 6.47. The van der Waals surface area contributed by atoms with Crippen molar-refractivity contribution in [1.29, 1.82) is 0 Å². The number of benzene rings is 1. The number of nitrogens with one attached hydrogen (secondary N) is 1. The van der Waals surface area contributed by atoms with Gasteiger partial charge in [0.25, 0.3) is 0 Å². The Hall–Kier alpha value is -0.620. The van der Waals surface area contributed by atoms with E-state index in [2.05, 4.69) is 58.2 Å². The predicted octanol–water partition coefficient (Wildman–Crippen LogP) is 2.80. The Morgan fingerprint density at radius 3 is 2.67 bits per heavy atom. The van der Waals surface area contributed by atoms with E-state index >= 15 is 0 Å². The lowest BCUT2D eigenvalue weighted by molar-refractivity contribution is -0.00525. The topological polar surface area (TPSA) is 33.7 Å². The smallest absolute Gasteiger partial charge is 0.0726 e. The molecule has 5 heteroatoms. The van der Waals surface area contributed by atoms with Crippen LogP contribution in [0.5, 0.6) is 0 Å². The van der Waals surface area contributed by atoms with E-state index in [9.17, 15) is 0 Å². The van der Waals surface area contributed by atoms with E-state index < -0.39 is 0 Å². The van der Waals surface area contributed by atoms with Crippen LogP contribution in [0.1, 0.15) is 19.4 Å². The summed E-state index contributed by atoms with van der Waals surface area (Å²) < 4.78 is 12.0. The van der Waals surface area contributed by atoms with E-state index in [0.29, 0.717) is 0 Å². The lowest BCUT2D eigenvalue weighted by Gasteiger charge is -2.37. The van der Waals surface area contributed by atoms with Gasteiger partial charge in [-0.3, -0.25) is 0 Å². The summed E-state index contributed by atoms with van der Waals surface area (Å²) >= 11 is 3.71. The molecule has 0 bridgehead atoms. The Bertz CT molecular complexity index is 446. The third-order valence-electron chi connectivity index (χ3n) is 3.58. The molecule has 118 valence electrons. The van der Waals surface area contributed by atoms with E-state index in [1.165, 1.54) is 11.3 Å². The average Bonchev–Trinajstić information content (AvgIpc) is 2.42. The van der Waals surface area contributed by atoms with Gasteiger partial charge in [-0.2, -0.15) is 0 Å². The molecule has 21 heavy (non-hydrogen) atoms. The monoisotopic (exact) mass is 356 g/mol. The predicted molar refractivity (Wildman–Crippen MR) is 89.9 cm³/mol. The van der Waals surface area contributed by atoms with Crippen molar-refractivity contribution in [1.82, 2.24) is 5.32 Å². The van der Waals surface area contributed by atoms with E-state index in [1.54, 1.807) is 7.11 Å². The molecule has 1 aliphatic heterocycles. The van der Waals surface area contributed by atoms with Gasteiger partial charge in [0, 0.05) is 37.8 Å². The molecule has 1 fully saturated rings. The largest absolute Gasteiger partial charge is 0.383 e. The van der Waals surface area contributed by atoms with Crippen LogP contribution in [0.3, 0.4) is 0 Å². The SMILES string of the molecule is COCCNCc1ccc(N2CC(C)OC(C)C2)c(Br)c1. The van der Waals surface area contributed by atoms with Crippen molar-refractivity contribution in [3.8, 4) is 0 Å². The average molecular weight is 357 g/mol. The number of rotatable bonds is 6. The molecule has 0 radical (unpaired) electrons. The highest BCUT2D eigenvalue weighted by molar-refractivity contribution is 9.10. The molecule has 2 atom stereocenters. The Balaban J connectivity index is 1.98. The summed E-state index contributed by atoms with van der Waals surface area (Å²) in [4.78, 5) is 2.39. The minimum atomic E-state index is 0.274. The zero-order chi connectivity index (χ0) is 15.2. The first-order valence-electron chi connectivity index (χ1n) is 7.48. The second-order valence-electron chi connectivity index (χ2n) is 5.62. The molecule has 2 unspecified atom stereocenters. The molecule has 4 nitrogen and oxygen atoms in total. The Morgan fingerprint density at radius 1 is 1.33 bits per heavy atom. The van der Waals surface area contributed by atoms with Crippen molar-refractivity contribution in [2.45, 2.75) is 32.6 Å². The molecule has 1 aromatic carbocycles. The first-order valence-corrected chi connectivity index (χ1v) is 8.28. The summed E-state index contributed by atoms with van der Waals surface area (Å²) in [6.45, 7) is 8.60. The maximum atomic E-state index is 5.80.